The molecule has 19 heavy (non-hydrogen) atoms. The van der Waals surface area contributed by atoms with Gasteiger partial charge in [-0.15, -0.1) is 0 Å². The van der Waals surface area contributed by atoms with Gasteiger partial charge in [0.15, 0.2) is 0 Å². The molecular weight excluding hydrogens is 244 g/mol. The molecule has 5 heteroatoms. The van der Waals surface area contributed by atoms with Crippen molar-refractivity contribution >= 4 is 12.6 Å². The van der Waals surface area contributed by atoms with Crippen molar-refractivity contribution in [3.63, 3.8) is 0 Å². The first-order chi connectivity index (χ1) is 9.11. The van der Waals surface area contributed by atoms with E-state index in [-0.39, 0.29) is 5.46 Å². The van der Waals surface area contributed by atoms with Crippen molar-refractivity contribution in [2.24, 2.45) is 0 Å². The van der Waals surface area contributed by atoms with Crippen LogP contribution in [0, 0.1) is 5.82 Å². The summed E-state index contributed by atoms with van der Waals surface area (Å²) < 4.78 is 13.2. The van der Waals surface area contributed by atoms with Crippen molar-refractivity contribution in [3.8, 4) is 0 Å². The maximum absolute atomic E-state index is 13.2. The fourth-order valence-electron chi connectivity index (χ4n) is 2.90. The SMILES string of the molecule is CCC1CCCCN1Cc1ccc(F)cc1B(O)O. The Hall–Kier alpha value is -0.905. The fraction of sp³-hybridized carbons (Fsp3) is 0.571. The highest BCUT2D eigenvalue weighted by Crippen LogP contribution is 2.21. The average molecular weight is 265 g/mol. The smallest absolute Gasteiger partial charge is 0.423 e. The summed E-state index contributed by atoms with van der Waals surface area (Å²) >= 11 is 0. The summed E-state index contributed by atoms with van der Waals surface area (Å²) in [6, 6.07) is 4.80. The molecule has 0 spiro atoms. The lowest BCUT2D eigenvalue weighted by atomic mass is 9.76. The van der Waals surface area contributed by atoms with Crippen molar-refractivity contribution in [3.05, 3.63) is 29.6 Å². The Morgan fingerprint density at radius 3 is 2.84 bits per heavy atom. The predicted octanol–water partition coefficient (Wildman–Crippen LogP) is 1.27. The molecule has 0 radical (unpaired) electrons. The van der Waals surface area contributed by atoms with E-state index in [0.29, 0.717) is 12.6 Å². The molecule has 0 amide bonds. The van der Waals surface area contributed by atoms with Crippen LogP contribution in [0.3, 0.4) is 0 Å². The van der Waals surface area contributed by atoms with Gasteiger partial charge < -0.3 is 10.0 Å². The summed E-state index contributed by atoms with van der Waals surface area (Å²) in [4.78, 5) is 2.36. The molecule has 1 aromatic carbocycles. The molecular formula is C14H21BFNO2. The number of halogens is 1. The van der Waals surface area contributed by atoms with Crippen LogP contribution in [0.4, 0.5) is 4.39 Å². The lowest BCUT2D eigenvalue weighted by Gasteiger charge is -2.35. The second kappa shape index (κ2) is 6.50. The number of nitrogens with zero attached hydrogens (tertiary/aromatic N) is 1. The normalized spacial score (nSPS) is 20.5. The lowest BCUT2D eigenvalue weighted by molar-refractivity contribution is 0.136. The Balaban J connectivity index is 2.17. The van der Waals surface area contributed by atoms with Gasteiger partial charge in [0.05, 0.1) is 0 Å². The second-order valence-corrected chi connectivity index (χ2v) is 5.25. The van der Waals surface area contributed by atoms with E-state index < -0.39 is 12.9 Å². The van der Waals surface area contributed by atoms with Crippen LogP contribution >= 0.6 is 0 Å². The first kappa shape index (κ1) is 14.5. The van der Waals surface area contributed by atoms with E-state index in [1.165, 1.54) is 31.4 Å². The van der Waals surface area contributed by atoms with Crippen molar-refractivity contribution in [1.29, 1.82) is 0 Å². The first-order valence-electron chi connectivity index (χ1n) is 7.00. The minimum atomic E-state index is -1.62. The van der Waals surface area contributed by atoms with E-state index in [9.17, 15) is 14.4 Å². The van der Waals surface area contributed by atoms with Crippen molar-refractivity contribution in [2.75, 3.05) is 6.54 Å². The zero-order valence-electron chi connectivity index (χ0n) is 11.3. The molecule has 1 fully saturated rings. The Kier molecular flexibility index (Phi) is 4.96. The van der Waals surface area contributed by atoms with Gasteiger partial charge in [0, 0.05) is 12.6 Å². The summed E-state index contributed by atoms with van der Waals surface area (Å²) in [6.45, 7) is 3.86. The van der Waals surface area contributed by atoms with Crippen molar-refractivity contribution in [1.82, 2.24) is 4.90 Å². The molecule has 3 nitrogen and oxygen atoms in total. The molecule has 2 rings (SSSR count). The largest absolute Gasteiger partial charge is 0.488 e. The number of hydrogen-bond acceptors (Lipinski definition) is 3. The lowest BCUT2D eigenvalue weighted by Crippen LogP contribution is -2.41. The molecule has 1 aliphatic rings. The zero-order valence-corrected chi connectivity index (χ0v) is 11.3. The van der Waals surface area contributed by atoms with Crippen LogP contribution < -0.4 is 5.46 Å². The summed E-state index contributed by atoms with van der Waals surface area (Å²) in [5.41, 5.74) is 1.08. The van der Waals surface area contributed by atoms with Crippen LogP contribution in [0.25, 0.3) is 0 Å². The Labute approximate surface area is 114 Å². The molecule has 0 aliphatic carbocycles. The standard InChI is InChI=1S/C14H21BFNO2/c1-2-13-5-3-4-8-17(13)10-11-6-7-12(16)9-14(11)15(18)19/h6-7,9,13,18-19H,2-5,8,10H2,1H3. The highest BCUT2D eigenvalue weighted by molar-refractivity contribution is 6.59. The molecule has 1 heterocycles. The Bertz CT molecular complexity index is 428. The predicted molar refractivity (Wildman–Crippen MR) is 74.6 cm³/mol. The van der Waals surface area contributed by atoms with Gasteiger partial charge in [0.25, 0.3) is 0 Å². The molecule has 0 aromatic heterocycles. The molecule has 1 aliphatic heterocycles. The number of piperidine rings is 1. The average Bonchev–Trinajstić information content (AvgIpc) is 2.41. The molecule has 1 unspecified atom stereocenters. The monoisotopic (exact) mass is 265 g/mol. The van der Waals surface area contributed by atoms with Gasteiger partial charge in [0.1, 0.15) is 5.82 Å². The van der Waals surface area contributed by atoms with Gasteiger partial charge >= 0.3 is 7.12 Å². The van der Waals surface area contributed by atoms with Gasteiger partial charge in [-0.25, -0.2) is 4.39 Å². The third-order valence-corrected chi connectivity index (χ3v) is 3.98. The Morgan fingerprint density at radius 2 is 2.16 bits per heavy atom. The Morgan fingerprint density at radius 1 is 1.37 bits per heavy atom. The molecule has 1 atom stereocenters. The van der Waals surface area contributed by atoms with Crippen LogP contribution in [0.1, 0.15) is 38.2 Å². The topological polar surface area (TPSA) is 43.7 Å². The fourth-order valence-corrected chi connectivity index (χ4v) is 2.90. The van der Waals surface area contributed by atoms with Gasteiger partial charge in [-0.3, -0.25) is 4.90 Å². The van der Waals surface area contributed by atoms with Crippen molar-refractivity contribution in [2.45, 2.75) is 45.2 Å². The van der Waals surface area contributed by atoms with Crippen LogP contribution in [0.5, 0.6) is 0 Å². The summed E-state index contributed by atoms with van der Waals surface area (Å²) in [5.74, 6) is -0.433. The first-order valence-corrected chi connectivity index (χ1v) is 7.00. The molecule has 1 saturated heterocycles. The number of rotatable bonds is 4. The minimum Gasteiger partial charge on any atom is -0.423 e. The van der Waals surface area contributed by atoms with Gasteiger partial charge in [-0.05, 0) is 49.0 Å². The van der Waals surface area contributed by atoms with Gasteiger partial charge in [-0.2, -0.15) is 0 Å². The second-order valence-electron chi connectivity index (χ2n) is 5.25. The van der Waals surface area contributed by atoms with Gasteiger partial charge in [-0.1, -0.05) is 19.4 Å². The minimum absolute atomic E-state index is 0.278. The van der Waals surface area contributed by atoms with E-state index in [4.69, 9.17) is 0 Å². The summed E-state index contributed by atoms with van der Waals surface area (Å²) in [6.07, 6.45) is 4.72. The quantitative estimate of drug-likeness (QED) is 0.806. The number of likely N-dealkylation sites (tertiary alicyclic amines) is 1. The van der Waals surface area contributed by atoms with E-state index in [1.807, 2.05) is 0 Å². The molecule has 104 valence electrons. The van der Waals surface area contributed by atoms with Crippen LogP contribution in [0.2, 0.25) is 0 Å². The summed E-state index contributed by atoms with van der Waals surface area (Å²) in [7, 11) is -1.62. The van der Waals surface area contributed by atoms with E-state index in [2.05, 4.69) is 11.8 Å². The highest BCUT2D eigenvalue weighted by atomic mass is 19.1. The summed E-state index contributed by atoms with van der Waals surface area (Å²) in [5, 5.41) is 18.7. The number of benzene rings is 1. The van der Waals surface area contributed by atoms with Crippen LogP contribution in [-0.4, -0.2) is 34.7 Å². The molecule has 0 bridgehead atoms. The van der Waals surface area contributed by atoms with Crippen LogP contribution in [-0.2, 0) is 6.54 Å². The maximum Gasteiger partial charge on any atom is 0.488 e. The van der Waals surface area contributed by atoms with Gasteiger partial charge in [0.2, 0.25) is 0 Å². The molecule has 0 saturated carbocycles. The maximum atomic E-state index is 13.2. The van der Waals surface area contributed by atoms with Crippen LogP contribution in [0.15, 0.2) is 18.2 Å². The zero-order chi connectivity index (χ0) is 13.8. The third-order valence-electron chi connectivity index (χ3n) is 3.98. The van der Waals surface area contributed by atoms with E-state index in [1.54, 1.807) is 6.07 Å². The van der Waals surface area contributed by atoms with Crippen molar-refractivity contribution < 1.29 is 14.4 Å². The third kappa shape index (κ3) is 3.56. The van der Waals surface area contributed by atoms with E-state index in [0.717, 1.165) is 18.5 Å². The van der Waals surface area contributed by atoms with E-state index >= 15 is 0 Å². The molecule has 1 aromatic rings. The highest BCUT2D eigenvalue weighted by Gasteiger charge is 2.24. The number of hydrogen-bond donors (Lipinski definition) is 2. The molecule has 2 N–H and O–H groups in total.